The van der Waals surface area contributed by atoms with Gasteiger partial charge in [-0.1, -0.05) is 59.8 Å². The van der Waals surface area contributed by atoms with Gasteiger partial charge in [-0.25, -0.2) is 0 Å². The Kier molecular flexibility index (Phi) is 18.2. The van der Waals surface area contributed by atoms with Gasteiger partial charge in [0.25, 0.3) is 0 Å². The SMILES string of the molecule is C.CCC(CC)C[Si](C)(C)C.II. The molecule has 0 bridgehead atoms. The third kappa shape index (κ3) is 16.4. The molecular formula is C10H26I2Si. The molecule has 0 heterocycles. The molecule has 0 unspecified atom stereocenters. The Balaban J connectivity index is -0.000000309. The van der Waals surface area contributed by atoms with Gasteiger partial charge in [0.15, 0.2) is 0 Å². The molecule has 0 aliphatic heterocycles. The molecule has 0 rings (SSSR count). The van der Waals surface area contributed by atoms with Crippen molar-refractivity contribution in [1.82, 2.24) is 0 Å². The van der Waals surface area contributed by atoms with E-state index in [-0.39, 0.29) is 7.43 Å². The fourth-order valence-electron chi connectivity index (χ4n) is 1.44. The van der Waals surface area contributed by atoms with Crippen molar-refractivity contribution >= 4 is 45.3 Å². The Bertz CT molecular complexity index is 85.4. The summed E-state index contributed by atoms with van der Waals surface area (Å²) in [5, 5.41) is 0. The molecule has 0 atom stereocenters. The Morgan fingerprint density at radius 2 is 1.31 bits per heavy atom. The van der Waals surface area contributed by atoms with Crippen molar-refractivity contribution in [3.63, 3.8) is 0 Å². The van der Waals surface area contributed by atoms with Gasteiger partial charge < -0.3 is 0 Å². The van der Waals surface area contributed by atoms with E-state index in [4.69, 9.17) is 0 Å². The molecule has 13 heavy (non-hydrogen) atoms. The van der Waals surface area contributed by atoms with Crippen molar-refractivity contribution in [2.75, 3.05) is 0 Å². The zero-order valence-corrected chi connectivity index (χ0v) is 14.3. The van der Waals surface area contributed by atoms with Crippen LogP contribution in [0, 0.1) is 5.92 Å². The van der Waals surface area contributed by atoms with Gasteiger partial charge in [-0.2, -0.15) is 0 Å². The highest BCUT2D eigenvalue weighted by molar-refractivity contribution is 15.0. The highest BCUT2D eigenvalue weighted by Crippen LogP contribution is 2.21. The van der Waals surface area contributed by atoms with Crippen LogP contribution in [0.25, 0.3) is 0 Å². The van der Waals surface area contributed by atoms with E-state index in [0.29, 0.717) is 0 Å². The van der Waals surface area contributed by atoms with E-state index in [1.807, 2.05) is 0 Å². The van der Waals surface area contributed by atoms with E-state index in [0.717, 1.165) is 5.92 Å². The standard InChI is InChI=1S/C9H22Si.CH4.I2/c1-6-9(7-2)8-10(3,4)5;;1-2/h9H,6-8H2,1-5H3;1H4;. The van der Waals surface area contributed by atoms with E-state index in [9.17, 15) is 0 Å². The third-order valence-electron chi connectivity index (χ3n) is 2.06. The number of hydrogen-bond donors (Lipinski definition) is 0. The van der Waals surface area contributed by atoms with Crippen LogP contribution in [0.2, 0.25) is 25.7 Å². The van der Waals surface area contributed by atoms with Crippen LogP contribution in [0.5, 0.6) is 0 Å². The van der Waals surface area contributed by atoms with E-state index >= 15 is 0 Å². The maximum absolute atomic E-state index is 2.46. The molecule has 0 aliphatic carbocycles. The summed E-state index contributed by atoms with van der Waals surface area (Å²) in [7, 11) is -0.762. The van der Waals surface area contributed by atoms with E-state index in [1.54, 1.807) is 0 Å². The smallest absolute Gasteiger partial charge is 0.0445 e. The molecule has 0 aromatic heterocycles. The molecule has 0 amide bonds. The summed E-state index contributed by atoms with van der Waals surface area (Å²) < 4.78 is 0. The molecule has 0 spiro atoms. The van der Waals surface area contributed by atoms with Gasteiger partial charge >= 0.3 is 0 Å². The minimum absolute atomic E-state index is 0. The first kappa shape index (κ1) is 20.1. The minimum Gasteiger partial charge on any atom is -0.0776 e. The van der Waals surface area contributed by atoms with Crippen molar-refractivity contribution < 1.29 is 0 Å². The average molecular weight is 428 g/mol. The normalized spacial score (nSPS) is 10.2. The third-order valence-corrected chi connectivity index (χ3v) is 3.86. The van der Waals surface area contributed by atoms with Gasteiger partial charge in [0.1, 0.15) is 0 Å². The van der Waals surface area contributed by atoms with E-state index in [1.165, 1.54) is 18.9 Å². The van der Waals surface area contributed by atoms with Gasteiger partial charge in [0.2, 0.25) is 0 Å². The van der Waals surface area contributed by atoms with Crippen LogP contribution >= 0.6 is 37.2 Å². The monoisotopic (exact) mass is 428 g/mol. The van der Waals surface area contributed by atoms with E-state index in [2.05, 4.69) is 70.7 Å². The second-order valence-electron chi connectivity index (χ2n) is 4.45. The Morgan fingerprint density at radius 1 is 1.00 bits per heavy atom. The predicted octanol–water partition coefficient (Wildman–Crippen LogP) is 6.17. The molecule has 0 saturated carbocycles. The van der Waals surface area contributed by atoms with Crippen molar-refractivity contribution in [3.05, 3.63) is 0 Å². The van der Waals surface area contributed by atoms with Crippen LogP contribution in [0.3, 0.4) is 0 Å². The quantitative estimate of drug-likeness (QED) is 0.371. The minimum atomic E-state index is -0.762. The number of halogens is 2. The zero-order valence-electron chi connectivity index (χ0n) is 8.95. The maximum Gasteiger partial charge on any atom is 0.0445 e. The summed E-state index contributed by atoms with van der Waals surface area (Å²) in [6.07, 6.45) is 2.75. The molecule has 0 aliphatic rings. The van der Waals surface area contributed by atoms with Crippen LogP contribution < -0.4 is 0 Å². The first-order chi connectivity index (χ1) is 5.49. The fourth-order valence-corrected chi connectivity index (χ4v) is 3.75. The highest BCUT2D eigenvalue weighted by Gasteiger charge is 2.17. The highest BCUT2D eigenvalue weighted by atomic mass is 128. The molecule has 84 valence electrons. The second kappa shape index (κ2) is 11.7. The first-order valence-corrected chi connectivity index (χ1v) is 14.6. The van der Waals surface area contributed by atoms with E-state index < -0.39 is 8.07 Å². The molecule has 0 aromatic carbocycles. The van der Waals surface area contributed by atoms with Crippen molar-refractivity contribution in [2.24, 2.45) is 5.92 Å². The number of rotatable bonds is 4. The first-order valence-electron chi connectivity index (χ1n) is 4.64. The summed E-state index contributed by atoms with van der Waals surface area (Å²) >= 11 is 4.24. The molecule has 0 saturated heterocycles. The second-order valence-corrected chi connectivity index (χ2v) is 9.98. The lowest BCUT2D eigenvalue weighted by molar-refractivity contribution is 0.536. The molecular weight excluding hydrogens is 402 g/mol. The van der Waals surface area contributed by atoms with Crippen LogP contribution in [0.15, 0.2) is 0 Å². The zero-order chi connectivity index (χ0) is 10.2. The van der Waals surface area contributed by atoms with Crippen LogP contribution in [0.4, 0.5) is 0 Å². The molecule has 3 heteroatoms. The van der Waals surface area contributed by atoms with Gasteiger partial charge in [-0.3, -0.25) is 0 Å². The summed E-state index contributed by atoms with van der Waals surface area (Å²) in [6.45, 7) is 12.0. The largest absolute Gasteiger partial charge is 0.0776 e. The number of hydrogen-bond acceptors (Lipinski definition) is 0. The van der Waals surface area contributed by atoms with Gasteiger partial charge in [-0.05, 0) is 5.92 Å². The molecule has 0 radical (unpaired) electrons. The van der Waals surface area contributed by atoms with Gasteiger partial charge in [0, 0.05) is 45.3 Å². The lowest BCUT2D eigenvalue weighted by Crippen LogP contribution is -2.23. The summed E-state index contributed by atoms with van der Waals surface area (Å²) in [4.78, 5) is 0. The Morgan fingerprint density at radius 3 is 1.38 bits per heavy atom. The Labute approximate surface area is 110 Å². The predicted molar refractivity (Wildman–Crippen MR) is 87.0 cm³/mol. The van der Waals surface area contributed by atoms with Crippen LogP contribution in [0.1, 0.15) is 34.1 Å². The van der Waals surface area contributed by atoms with Crippen molar-refractivity contribution in [1.29, 1.82) is 0 Å². The lowest BCUT2D eigenvalue weighted by Gasteiger charge is -2.22. The Hall–Kier alpha value is 1.68. The van der Waals surface area contributed by atoms with Crippen LogP contribution in [-0.2, 0) is 0 Å². The van der Waals surface area contributed by atoms with Crippen LogP contribution in [-0.4, -0.2) is 8.07 Å². The fraction of sp³-hybridized carbons (Fsp3) is 1.00. The van der Waals surface area contributed by atoms with Gasteiger partial charge in [-0.15, -0.1) is 0 Å². The van der Waals surface area contributed by atoms with Crippen molar-refractivity contribution in [2.45, 2.75) is 59.8 Å². The summed E-state index contributed by atoms with van der Waals surface area (Å²) in [5.74, 6) is 1.01. The molecule has 0 aromatic rings. The summed E-state index contributed by atoms with van der Waals surface area (Å²) in [6, 6.07) is 1.51. The van der Waals surface area contributed by atoms with Gasteiger partial charge in [0.05, 0.1) is 0 Å². The van der Waals surface area contributed by atoms with Crippen molar-refractivity contribution in [3.8, 4) is 0 Å². The summed E-state index contributed by atoms with van der Waals surface area (Å²) in [5.41, 5.74) is 0. The lowest BCUT2D eigenvalue weighted by atomic mass is 10.1. The molecule has 0 fully saturated rings. The average Bonchev–Trinajstić information content (AvgIpc) is 2.02. The molecule has 0 N–H and O–H groups in total. The molecule has 0 nitrogen and oxygen atoms in total. The topological polar surface area (TPSA) is 0 Å². The maximum atomic E-state index is 2.46.